The summed E-state index contributed by atoms with van der Waals surface area (Å²) in [6.45, 7) is 2.74. The van der Waals surface area contributed by atoms with Crippen LogP contribution in [0.15, 0.2) is 41.7 Å². The van der Waals surface area contributed by atoms with E-state index in [2.05, 4.69) is 55.7 Å². The minimum absolute atomic E-state index is 0.642. The highest BCUT2D eigenvalue weighted by atomic mass is 15.3. The Bertz CT molecular complexity index is 648. The van der Waals surface area contributed by atoms with Gasteiger partial charge < -0.3 is 14.8 Å². The van der Waals surface area contributed by atoms with Gasteiger partial charge in [-0.15, -0.1) is 10.2 Å². The minimum Gasteiger partial charge on any atom is -0.349 e. The van der Waals surface area contributed by atoms with Crippen molar-refractivity contribution in [2.45, 2.75) is 19.4 Å². The third-order valence-electron chi connectivity index (χ3n) is 4.37. The second-order valence-electron chi connectivity index (χ2n) is 6.05. The third kappa shape index (κ3) is 3.88. The third-order valence-corrected chi connectivity index (χ3v) is 4.37. The van der Waals surface area contributed by atoms with Crippen LogP contribution in [0.3, 0.4) is 0 Å². The van der Waals surface area contributed by atoms with Gasteiger partial charge in [0.1, 0.15) is 6.33 Å². The maximum atomic E-state index is 4.41. The van der Waals surface area contributed by atoms with Gasteiger partial charge in [-0.25, -0.2) is 0 Å². The van der Waals surface area contributed by atoms with Gasteiger partial charge in [-0.05, 0) is 24.3 Å². The quantitative estimate of drug-likeness (QED) is 0.686. The van der Waals surface area contributed by atoms with E-state index in [4.69, 9.17) is 0 Å². The number of nitrogens with one attached hydrogen (secondary N) is 1. The first-order valence-electron chi connectivity index (χ1n) is 8.08. The molecule has 1 atom stereocenters. The number of benzene rings is 1. The lowest BCUT2D eigenvalue weighted by Crippen LogP contribution is -2.40. The molecule has 0 saturated carbocycles. The minimum atomic E-state index is 0.642. The molecule has 1 saturated heterocycles. The molecule has 6 heteroatoms. The molecule has 1 N–H and O–H groups in total. The molecule has 1 aliphatic heterocycles. The van der Waals surface area contributed by atoms with Crippen LogP contribution in [0.1, 0.15) is 17.8 Å². The second kappa shape index (κ2) is 7.26. The molecule has 1 fully saturated rings. The molecule has 1 aromatic heterocycles. The number of aryl methyl sites for hydroxylation is 1. The predicted octanol–water partition coefficient (Wildman–Crippen LogP) is 1.46. The molecule has 1 aliphatic rings. The maximum Gasteiger partial charge on any atom is 0.194 e. The van der Waals surface area contributed by atoms with Crippen molar-refractivity contribution >= 4 is 5.96 Å². The molecule has 122 valence electrons. The van der Waals surface area contributed by atoms with Gasteiger partial charge in [-0.3, -0.25) is 4.99 Å². The first-order valence-corrected chi connectivity index (χ1v) is 8.08. The Morgan fingerprint density at radius 2 is 2.17 bits per heavy atom. The number of hydrogen-bond acceptors (Lipinski definition) is 3. The summed E-state index contributed by atoms with van der Waals surface area (Å²) in [4.78, 5) is 6.75. The van der Waals surface area contributed by atoms with Gasteiger partial charge >= 0.3 is 0 Å². The summed E-state index contributed by atoms with van der Waals surface area (Å²) in [6.07, 6.45) is 4.06. The Balaban J connectivity index is 1.53. The topological polar surface area (TPSA) is 58.3 Å². The highest BCUT2D eigenvalue weighted by Gasteiger charge is 2.25. The van der Waals surface area contributed by atoms with E-state index in [-0.39, 0.29) is 0 Å². The zero-order valence-corrected chi connectivity index (χ0v) is 13.8. The van der Waals surface area contributed by atoms with E-state index >= 15 is 0 Å². The van der Waals surface area contributed by atoms with E-state index in [1.807, 2.05) is 18.7 Å². The summed E-state index contributed by atoms with van der Waals surface area (Å²) < 4.78 is 1.92. The molecule has 2 aromatic rings. The number of likely N-dealkylation sites (tertiary alicyclic amines) is 1. The molecule has 2 heterocycles. The normalized spacial score (nSPS) is 18.4. The summed E-state index contributed by atoms with van der Waals surface area (Å²) in [6, 6.07) is 10.7. The average Bonchev–Trinajstić information content (AvgIpc) is 3.19. The fourth-order valence-corrected chi connectivity index (χ4v) is 3.10. The fraction of sp³-hybridized carbons (Fsp3) is 0.471. The van der Waals surface area contributed by atoms with Crippen LogP contribution in [0.5, 0.6) is 0 Å². The lowest BCUT2D eigenvalue weighted by Gasteiger charge is -2.21. The predicted molar refractivity (Wildman–Crippen MR) is 91.0 cm³/mol. The summed E-state index contributed by atoms with van der Waals surface area (Å²) in [5.74, 6) is 2.54. The van der Waals surface area contributed by atoms with E-state index in [0.717, 1.165) is 31.3 Å². The van der Waals surface area contributed by atoms with Crippen LogP contribution >= 0.6 is 0 Å². The Morgan fingerprint density at radius 3 is 2.87 bits per heavy atom. The Hall–Kier alpha value is -2.37. The monoisotopic (exact) mass is 312 g/mol. The molecular weight excluding hydrogens is 288 g/mol. The molecule has 6 nitrogen and oxygen atoms in total. The molecule has 3 rings (SSSR count). The van der Waals surface area contributed by atoms with E-state index < -0.39 is 0 Å². The van der Waals surface area contributed by atoms with Crippen LogP contribution in [0.25, 0.3) is 0 Å². The summed E-state index contributed by atoms with van der Waals surface area (Å²) in [7, 11) is 3.79. The largest absolute Gasteiger partial charge is 0.349 e. The van der Waals surface area contributed by atoms with Crippen molar-refractivity contribution in [3.05, 3.63) is 48.0 Å². The highest BCUT2D eigenvalue weighted by molar-refractivity contribution is 5.80. The molecule has 23 heavy (non-hydrogen) atoms. The van der Waals surface area contributed by atoms with Gasteiger partial charge in [0, 0.05) is 27.2 Å². The van der Waals surface area contributed by atoms with Gasteiger partial charge in [-0.2, -0.15) is 0 Å². The van der Waals surface area contributed by atoms with Crippen molar-refractivity contribution in [3.8, 4) is 0 Å². The molecule has 1 unspecified atom stereocenters. The number of rotatable bonds is 4. The Morgan fingerprint density at radius 1 is 1.35 bits per heavy atom. The van der Waals surface area contributed by atoms with E-state index in [1.165, 1.54) is 12.0 Å². The highest BCUT2D eigenvalue weighted by Crippen LogP contribution is 2.20. The fourth-order valence-electron chi connectivity index (χ4n) is 3.10. The van der Waals surface area contributed by atoms with Gasteiger partial charge in [0.05, 0.1) is 6.54 Å². The number of guanidine groups is 1. The second-order valence-corrected chi connectivity index (χ2v) is 6.05. The summed E-state index contributed by atoms with van der Waals surface area (Å²) in [5.41, 5.74) is 1.42. The van der Waals surface area contributed by atoms with Crippen molar-refractivity contribution in [3.63, 3.8) is 0 Å². The SMILES string of the molecule is CN=C(NCc1nncn1C)N1CCC(Cc2ccccc2)C1. The van der Waals surface area contributed by atoms with Gasteiger partial charge in [0.15, 0.2) is 11.8 Å². The number of nitrogens with zero attached hydrogens (tertiary/aromatic N) is 5. The van der Waals surface area contributed by atoms with Gasteiger partial charge in [0.25, 0.3) is 0 Å². The number of hydrogen-bond donors (Lipinski definition) is 1. The molecule has 0 amide bonds. The molecule has 0 aliphatic carbocycles. The standard InChI is InChI=1S/C17H24N6/c1-18-17(19-11-16-21-20-13-22(16)2)23-9-8-15(12-23)10-14-6-4-3-5-7-14/h3-7,13,15H,8-12H2,1-2H3,(H,18,19). The number of aromatic nitrogens is 3. The zero-order valence-electron chi connectivity index (χ0n) is 13.8. The van der Waals surface area contributed by atoms with Crippen molar-refractivity contribution in [2.24, 2.45) is 18.0 Å². The van der Waals surface area contributed by atoms with Gasteiger partial charge in [-0.1, -0.05) is 30.3 Å². The van der Waals surface area contributed by atoms with Crippen LogP contribution in [0.2, 0.25) is 0 Å². The lowest BCUT2D eigenvalue weighted by molar-refractivity contribution is 0.458. The van der Waals surface area contributed by atoms with Crippen LogP contribution in [0.4, 0.5) is 0 Å². The van der Waals surface area contributed by atoms with Crippen LogP contribution in [-0.4, -0.2) is 45.8 Å². The molecule has 0 bridgehead atoms. The average molecular weight is 312 g/mol. The first kappa shape index (κ1) is 15.5. The lowest BCUT2D eigenvalue weighted by atomic mass is 9.99. The summed E-state index contributed by atoms with van der Waals surface area (Å²) in [5, 5.41) is 11.4. The van der Waals surface area contributed by atoms with Crippen molar-refractivity contribution in [1.82, 2.24) is 25.0 Å². The van der Waals surface area contributed by atoms with E-state index in [1.54, 1.807) is 6.33 Å². The molecular formula is C17H24N6. The molecule has 0 radical (unpaired) electrons. The number of aliphatic imine (C=N–C) groups is 1. The van der Waals surface area contributed by atoms with Crippen LogP contribution in [0, 0.1) is 5.92 Å². The molecule has 0 spiro atoms. The molecule has 1 aromatic carbocycles. The summed E-state index contributed by atoms with van der Waals surface area (Å²) >= 11 is 0. The van der Waals surface area contributed by atoms with Crippen molar-refractivity contribution in [1.29, 1.82) is 0 Å². The maximum absolute atomic E-state index is 4.41. The van der Waals surface area contributed by atoms with Crippen molar-refractivity contribution < 1.29 is 0 Å². The Labute approximate surface area is 137 Å². The Kier molecular flexibility index (Phi) is 4.90. The smallest absolute Gasteiger partial charge is 0.194 e. The van der Waals surface area contributed by atoms with Gasteiger partial charge in [0.2, 0.25) is 0 Å². The van der Waals surface area contributed by atoms with Crippen LogP contribution in [-0.2, 0) is 20.0 Å². The van der Waals surface area contributed by atoms with E-state index in [0.29, 0.717) is 12.5 Å². The zero-order chi connectivity index (χ0) is 16.1. The first-order chi connectivity index (χ1) is 11.3. The van der Waals surface area contributed by atoms with E-state index in [9.17, 15) is 0 Å². The van der Waals surface area contributed by atoms with Crippen LogP contribution < -0.4 is 5.32 Å². The van der Waals surface area contributed by atoms with Crippen molar-refractivity contribution in [2.75, 3.05) is 20.1 Å².